The molecule has 356 valence electrons. The Hall–Kier alpha value is -5.21. The zero-order valence-electron chi connectivity index (χ0n) is 39.4. The number of esters is 1. The van der Waals surface area contributed by atoms with Crippen molar-refractivity contribution in [2.24, 2.45) is 22.7 Å². The molecule has 4 saturated heterocycles. The number of hydrogen-bond donors (Lipinski definition) is 2. The number of allylic oxidation sites excluding steroid dienone is 1. The lowest BCUT2D eigenvalue weighted by Gasteiger charge is -2.53. The Kier molecular flexibility index (Phi) is 11.5. The molecule has 7 aliphatic rings. The van der Waals surface area contributed by atoms with E-state index in [0.717, 1.165) is 53.5 Å². The molecular weight excluding hydrogens is 859 g/mol. The molecule has 3 saturated carbocycles. The van der Waals surface area contributed by atoms with E-state index in [1.807, 2.05) is 103 Å². The number of hydroxylamine groups is 2. The fraction of sp³-hybridized carbons (Fsp3) is 0.482. The molecule has 68 heavy (non-hydrogen) atoms. The molecule has 2 N–H and O–H groups in total. The van der Waals surface area contributed by atoms with Crippen molar-refractivity contribution in [2.45, 2.75) is 126 Å². The van der Waals surface area contributed by atoms with Gasteiger partial charge in [0.15, 0.2) is 6.04 Å². The number of likely N-dealkylation sites (N-methyl/N-ethyl adjacent to an activating group) is 1. The highest BCUT2D eigenvalue weighted by Crippen LogP contribution is 2.61. The molecule has 4 aromatic carbocycles. The second-order valence-corrected chi connectivity index (χ2v) is 21.2. The van der Waals surface area contributed by atoms with Crippen molar-refractivity contribution in [1.29, 1.82) is 0 Å². The average Bonchev–Trinajstić information content (AvgIpc) is 3.62. The van der Waals surface area contributed by atoms with Crippen LogP contribution in [0.1, 0.15) is 87.1 Å². The van der Waals surface area contributed by atoms with E-state index in [1.165, 1.54) is 16.9 Å². The molecule has 1 unspecified atom stereocenters. The van der Waals surface area contributed by atoms with Crippen LogP contribution in [0.3, 0.4) is 0 Å². The van der Waals surface area contributed by atoms with Gasteiger partial charge in [-0.3, -0.25) is 19.2 Å². The number of rotatable bonds is 12. The normalized spacial score (nSPS) is 33.8. The quantitative estimate of drug-likeness (QED) is 0.112. The molecule has 4 aromatic rings. The first-order valence-corrected chi connectivity index (χ1v) is 24.6. The number of carbonyl (C=O) groups excluding carboxylic acids is 3. The molecule has 7 fully saturated rings. The predicted molar refractivity (Wildman–Crippen MR) is 253 cm³/mol. The van der Waals surface area contributed by atoms with Crippen LogP contribution in [0.25, 0.3) is 6.08 Å². The van der Waals surface area contributed by atoms with E-state index in [-0.39, 0.29) is 43.6 Å². The zero-order chi connectivity index (χ0) is 47.0. The molecule has 11 atom stereocenters. The highest BCUT2D eigenvalue weighted by molar-refractivity contribution is 5.96. The second kappa shape index (κ2) is 17.3. The minimum atomic E-state index is -1.54. The van der Waals surface area contributed by atoms with Gasteiger partial charge in [-0.15, -0.1) is 0 Å². The highest BCUT2D eigenvalue weighted by atomic mass is 16.8. The van der Waals surface area contributed by atoms with E-state index in [0.29, 0.717) is 17.9 Å². The third-order valence-corrected chi connectivity index (χ3v) is 16.7. The van der Waals surface area contributed by atoms with E-state index in [4.69, 9.17) is 23.8 Å². The lowest BCUT2D eigenvalue weighted by atomic mass is 9.52. The summed E-state index contributed by atoms with van der Waals surface area (Å²) in [5.74, 6) is -1.72. The number of nitrogens with zero attached hydrogens (tertiary/aromatic N) is 2. The van der Waals surface area contributed by atoms with Crippen LogP contribution >= 0.6 is 0 Å². The Morgan fingerprint density at radius 2 is 1.53 bits per heavy atom. The number of ether oxygens (including phenoxy) is 4. The van der Waals surface area contributed by atoms with Crippen molar-refractivity contribution >= 4 is 23.9 Å². The molecule has 4 heterocycles. The molecule has 4 aliphatic heterocycles. The van der Waals surface area contributed by atoms with Gasteiger partial charge < -0.3 is 34.3 Å². The fourth-order valence-corrected chi connectivity index (χ4v) is 13.1. The van der Waals surface area contributed by atoms with Gasteiger partial charge >= 0.3 is 5.97 Å². The number of benzene rings is 4. The number of fused-ring (bicyclic) bond motifs is 6. The van der Waals surface area contributed by atoms with Crippen molar-refractivity contribution in [3.63, 3.8) is 0 Å². The summed E-state index contributed by atoms with van der Waals surface area (Å²) in [7, 11) is 1.62. The maximum atomic E-state index is 15.9. The standard InChI is InChI=1S/C56H63N3O9/c1-53(2)32-41-38(23-24-45-54(3,65-45)26-25-42(41)53)30-36-17-14-18-37(29-36)34-59-48-51(62)64-44-33-55(48,52(63)58(4)43(50(61)57-27-28-60)31-35-15-8-5-9-16-35)49(68-59)47-46(44)66-56(67-47,39-19-10-6-11-20-39)40-21-12-7-13-22-40/h5-22,29-30,41-49,60H,23-28,31-34H2,1-4H3,(H,57,61)/t41-,42-,43-,44-,45?,46+,47+,48+,49-,54-,55+/m1/s1. The van der Waals surface area contributed by atoms with Crippen molar-refractivity contribution in [2.75, 3.05) is 20.2 Å². The van der Waals surface area contributed by atoms with E-state index < -0.39 is 65.5 Å². The predicted octanol–water partition coefficient (Wildman–Crippen LogP) is 7.13. The van der Waals surface area contributed by atoms with Gasteiger partial charge in [-0.2, -0.15) is 5.06 Å². The van der Waals surface area contributed by atoms with Crippen LogP contribution in [0, 0.1) is 22.7 Å². The van der Waals surface area contributed by atoms with E-state index in [9.17, 15) is 14.7 Å². The van der Waals surface area contributed by atoms with Gasteiger partial charge in [0, 0.05) is 37.6 Å². The first-order valence-electron chi connectivity index (χ1n) is 24.6. The number of nitrogens with one attached hydrogen (secondary N) is 1. The molecule has 12 heteroatoms. The summed E-state index contributed by atoms with van der Waals surface area (Å²) in [4.78, 5) is 53.4. The summed E-state index contributed by atoms with van der Waals surface area (Å²) in [5.41, 5.74) is 4.54. The van der Waals surface area contributed by atoms with Crippen molar-refractivity contribution < 1.29 is 43.3 Å². The number of hydrogen-bond acceptors (Lipinski definition) is 10. The topological polar surface area (TPSA) is 139 Å². The van der Waals surface area contributed by atoms with Gasteiger partial charge in [0.05, 0.1) is 24.9 Å². The van der Waals surface area contributed by atoms with Gasteiger partial charge in [-0.25, -0.2) is 0 Å². The molecule has 2 bridgehead atoms. The molecular formula is C56H63N3O9. The lowest BCUT2D eigenvalue weighted by molar-refractivity contribution is -0.214. The highest BCUT2D eigenvalue weighted by Gasteiger charge is 2.77. The fourth-order valence-electron chi connectivity index (χ4n) is 13.1. The van der Waals surface area contributed by atoms with Crippen LogP contribution in [-0.4, -0.2) is 101 Å². The van der Waals surface area contributed by atoms with Crippen LogP contribution in [-0.2, 0) is 56.9 Å². The Morgan fingerprint density at radius 1 is 0.853 bits per heavy atom. The first-order chi connectivity index (χ1) is 32.8. The molecule has 11 rings (SSSR count). The zero-order valence-corrected chi connectivity index (χ0v) is 39.4. The summed E-state index contributed by atoms with van der Waals surface area (Å²) >= 11 is 0. The molecule has 0 radical (unpaired) electrons. The summed E-state index contributed by atoms with van der Waals surface area (Å²) in [6.07, 6.45) is 4.87. The van der Waals surface area contributed by atoms with E-state index in [1.54, 1.807) is 12.1 Å². The van der Waals surface area contributed by atoms with Crippen molar-refractivity contribution in [3.8, 4) is 0 Å². The monoisotopic (exact) mass is 921 g/mol. The van der Waals surface area contributed by atoms with Crippen LogP contribution < -0.4 is 5.32 Å². The summed E-state index contributed by atoms with van der Waals surface area (Å²) in [5, 5.41) is 14.1. The molecule has 0 aromatic heterocycles. The number of amides is 2. The summed E-state index contributed by atoms with van der Waals surface area (Å²) in [6.45, 7) is 7.02. The van der Waals surface area contributed by atoms with Gasteiger partial charge in [0.1, 0.15) is 35.9 Å². The van der Waals surface area contributed by atoms with Crippen LogP contribution in [0.15, 0.2) is 121 Å². The summed E-state index contributed by atoms with van der Waals surface area (Å²) in [6, 6.07) is 35.1. The molecule has 12 nitrogen and oxygen atoms in total. The SMILES string of the molecule is CN(C(=O)[C@@]12C[C@H]3OC(=O)[C@@H]1N(Cc1cccc(C=C4CCC5O[C@]5(C)CC[C@@H]5[C@@H]4CC5(C)C)c1)O[C@@H]2[C@H]1OC(c2ccccc2)(c2ccccc2)O[C@H]13)[C@H](Cc1ccccc1)C(=O)NCCO. The van der Waals surface area contributed by atoms with Crippen LogP contribution in [0.5, 0.6) is 0 Å². The minimum absolute atomic E-state index is 0.00172. The van der Waals surface area contributed by atoms with Crippen LogP contribution in [0.2, 0.25) is 0 Å². The maximum Gasteiger partial charge on any atom is 0.327 e. The number of epoxide rings is 1. The molecule has 3 aliphatic carbocycles. The Labute approximate surface area is 398 Å². The Balaban J connectivity index is 0.967. The maximum absolute atomic E-state index is 15.9. The molecule has 0 spiro atoms. The number of aliphatic hydroxyl groups excluding tert-OH is 1. The second-order valence-electron chi connectivity index (χ2n) is 21.2. The third-order valence-electron chi connectivity index (χ3n) is 16.7. The number of carbonyl (C=O) groups is 3. The average molecular weight is 922 g/mol. The summed E-state index contributed by atoms with van der Waals surface area (Å²) < 4.78 is 27.0. The Bertz CT molecular complexity index is 2530. The van der Waals surface area contributed by atoms with E-state index in [2.05, 4.69) is 44.3 Å². The minimum Gasteiger partial charge on any atom is -0.458 e. The van der Waals surface area contributed by atoms with Gasteiger partial charge in [-0.05, 0) is 73.0 Å². The van der Waals surface area contributed by atoms with E-state index >= 15 is 4.79 Å². The van der Waals surface area contributed by atoms with Gasteiger partial charge in [-0.1, -0.05) is 141 Å². The lowest BCUT2D eigenvalue weighted by Crippen LogP contribution is -2.70. The van der Waals surface area contributed by atoms with Crippen molar-refractivity contribution in [1.82, 2.24) is 15.3 Å². The molecule has 2 amide bonds. The van der Waals surface area contributed by atoms with Crippen molar-refractivity contribution in [3.05, 3.63) is 149 Å². The Morgan fingerprint density at radius 3 is 2.22 bits per heavy atom. The smallest absolute Gasteiger partial charge is 0.327 e. The third kappa shape index (κ3) is 7.63. The largest absolute Gasteiger partial charge is 0.458 e. The number of aliphatic hydroxyl groups is 1. The van der Waals surface area contributed by atoms with Gasteiger partial charge in [0.25, 0.3) is 0 Å². The van der Waals surface area contributed by atoms with Crippen LogP contribution in [0.4, 0.5) is 0 Å². The first kappa shape index (κ1) is 45.2. The van der Waals surface area contributed by atoms with Gasteiger partial charge in [0.2, 0.25) is 17.6 Å².